The highest BCUT2D eigenvalue weighted by atomic mass is 15.0. The predicted octanol–water partition coefficient (Wildman–Crippen LogP) is 0.751. The molecule has 0 bridgehead atoms. The number of hydrogen-bond acceptors (Lipinski definition) is 1. The molecule has 2 heteroatoms. The van der Waals surface area contributed by atoms with Crippen molar-refractivity contribution in [3.05, 3.63) is 0 Å². The standard InChI is InChI=1S/C8H17N2/c1-7(2)10-8-3-5-9-6-4-8/h7-8,10H,3-6H2,1-2H3. The lowest BCUT2D eigenvalue weighted by molar-refractivity contribution is 0.361. The molecular weight excluding hydrogens is 124 g/mol. The van der Waals surface area contributed by atoms with Crippen LogP contribution in [0.25, 0.3) is 0 Å². The molecule has 2 nitrogen and oxygen atoms in total. The van der Waals surface area contributed by atoms with Crippen molar-refractivity contribution in [3.8, 4) is 0 Å². The van der Waals surface area contributed by atoms with Gasteiger partial charge < -0.3 is 5.32 Å². The van der Waals surface area contributed by atoms with Crippen LogP contribution in [-0.2, 0) is 0 Å². The zero-order chi connectivity index (χ0) is 7.40. The van der Waals surface area contributed by atoms with Crippen LogP contribution in [0.15, 0.2) is 0 Å². The van der Waals surface area contributed by atoms with Gasteiger partial charge in [0.1, 0.15) is 0 Å². The summed E-state index contributed by atoms with van der Waals surface area (Å²) >= 11 is 0. The van der Waals surface area contributed by atoms with Crippen LogP contribution < -0.4 is 10.6 Å². The molecule has 0 aliphatic carbocycles. The molecule has 0 saturated carbocycles. The Kier molecular flexibility index (Phi) is 3.16. The van der Waals surface area contributed by atoms with Crippen molar-refractivity contribution in [2.75, 3.05) is 13.1 Å². The van der Waals surface area contributed by atoms with Gasteiger partial charge in [0, 0.05) is 25.2 Å². The van der Waals surface area contributed by atoms with Gasteiger partial charge in [-0.05, 0) is 12.8 Å². The van der Waals surface area contributed by atoms with Gasteiger partial charge in [-0.3, -0.25) is 0 Å². The molecule has 0 spiro atoms. The third kappa shape index (κ3) is 2.67. The van der Waals surface area contributed by atoms with Crippen molar-refractivity contribution in [3.63, 3.8) is 0 Å². The second-order valence-electron chi connectivity index (χ2n) is 3.27. The van der Waals surface area contributed by atoms with Crippen molar-refractivity contribution in [1.29, 1.82) is 0 Å². The molecule has 1 N–H and O–H groups in total. The number of nitrogens with zero attached hydrogens (tertiary/aromatic N) is 1. The molecule has 0 aromatic heterocycles. The van der Waals surface area contributed by atoms with E-state index in [0.29, 0.717) is 6.04 Å². The van der Waals surface area contributed by atoms with Crippen LogP contribution in [0.3, 0.4) is 0 Å². The first-order valence-electron chi connectivity index (χ1n) is 4.18. The summed E-state index contributed by atoms with van der Waals surface area (Å²) in [5, 5.41) is 7.82. The Labute approximate surface area is 63.4 Å². The molecule has 1 radical (unpaired) electrons. The SMILES string of the molecule is CC(C)NC1CC[N]CC1. The molecule has 59 valence electrons. The Bertz CT molecular complexity index is 85.3. The van der Waals surface area contributed by atoms with Crippen molar-refractivity contribution < 1.29 is 0 Å². The fourth-order valence-corrected chi connectivity index (χ4v) is 1.39. The molecule has 0 aromatic carbocycles. The van der Waals surface area contributed by atoms with E-state index in [0.717, 1.165) is 19.1 Å². The summed E-state index contributed by atoms with van der Waals surface area (Å²) in [5.41, 5.74) is 0. The topological polar surface area (TPSA) is 26.1 Å². The van der Waals surface area contributed by atoms with E-state index in [2.05, 4.69) is 24.5 Å². The number of rotatable bonds is 2. The van der Waals surface area contributed by atoms with Gasteiger partial charge in [0.15, 0.2) is 0 Å². The lowest BCUT2D eigenvalue weighted by atomic mass is 10.1. The highest BCUT2D eigenvalue weighted by Gasteiger charge is 2.13. The maximum atomic E-state index is 4.29. The summed E-state index contributed by atoms with van der Waals surface area (Å²) in [6.07, 6.45) is 2.47. The van der Waals surface area contributed by atoms with Crippen molar-refractivity contribution >= 4 is 0 Å². The summed E-state index contributed by atoms with van der Waals surface area (Å²) in [4.78, 5) is 0. The summed E-state index contributed by atoms with van der Waals surface area (Å²) in [6, 6.07) is 1.36. The third-order valence-electron chi connectivity index (χ3n) is 1.84. The summed E-state index contributed by atoms with van der Waals surface area (Å²) in [7, 11) is 0. The van der Waals surface area contributed by atoms with Gasteiger partial charge in [0.05, 0.1) is 0 Å². The first kappa shape index (κ1) is 8.02. The van der Waals surface area contributed by atoms with E-state index in [-0.39, 0.29) is 0 Å². The highest BCUT2D eigenvalue weighted by Crippen LogP contribution is 2.03. The third-order valence-corrected chi connectivity index (χ3v) is 1.84. The summed E-state index contributed by atoms with van der Waals surface area (Å²) < 4.78 is 0. The van der Waals surface area contributed by atoms with Gasteiger partial charge in [-0.25, -0.2) is 5.32 Å². The average molecular weight is 141 g/mol. The van der Waals surface area contributed by atoms with Crippen molar-refractivity contribution in [2.24, 2.45) is 0 Å². The molecule has 0 atom stereocenters. The Morgan fingerprint density at radius 2 is 1.90 bits per heavy atom. The Morgan fingerprint density at radius 3 is 2.40 bits per heavy atom. The van der Waals surface area contributed by atoms with Gasteiger partial charge in [-0.2, -0.15) is 0 Å². The zero-order valence-electron chi connectivity index (χ0n) is 6.93. The number of nitrogens with one attached hydrogen (secondary N) is 1. The Morgan fingerprint density at radius 1 is 1.30 bits per heavy atom. The van der Waals surface area contributed by atoms with E-state index >= 15 is 0 Å². The number of hydrogen-bond donors (Lipinski definition) is 1. The van der Waals surface area contributed by atoms with Gasteiger partial charge in [-0.15, -0.1) is 0 Å². The van der Waals surface area contributed by atoms with Gasteiger partial charge >= 0.3 is 0 Å². The molecule has 1 heterocycles. The zero-order valence-corrected chi connectivity index (χ0v) is 6.93. The maximum absolute atomic E-state index is 4.29. The average Bonchev–Trinajstić information content (AvgIpc) is 1.88. The summed E-state index contributed by atoms with van der Waals surface area (Å²) in [5.74, 6) is 0. The molecule has 1 aliphatic heterocycles. The minimum Gasteiger partial charge on any atom is -0.312 e. The lowest BCUT2D eigenvalue weighted by Gasteiger charge is -2.24. The molecule has 10 heavy (non-hydrogen) atoms. The molecule has 1 rings (SSSR count). The van der Waals surface area contributed by atoms with Crippen LogP contribution in [0.5, 0.6) is 0 Å². The van der Waals surface area contributed by atoms with E-state index in [1.54, 1.807) is 0 Å². The first-order chi connectivity index (χ1) is 4.79. The van der Waals surface area contributed by atoms with Crippen LogP contribution in [0, 0.1) is 0 Å². The quantitative estimate of drug-likeness (QED) is 0.603. The van der Waals surface area contributed by atoms with Crippen LogP contribution in [-0.4, -0.2) is 25.2 Å². The van der Waals surface area contributed by atoms with Gasteiger partial charge in [-0.1, -0.05) is 13.8 Å². The largest absolute Gasteiger partial charge is 0.312 e. The van der Waals surface area contributed by atoms with E-state index in [1.165, 1.54) is 12.8 Å². The Balaban J connectivity index is 2.13. The molecule has 0 aromatic rings. The summed E-state index contributed by atoms with van der Waals surface area (Å²) in [6.45, 7) is 6.52. The first-order valence-corrected chi connectivity index (χ1v) is 4.18. The van der Waals surface area contributed by atoms with Crippen LogP contribution in [0.2, 0.25) is 0 Å². The minimum atomic E-state index is 0.628. The molecule has 1 fully saturated rings. The van der Waals surface area contributed by atoms with Crippen molar-refractivity contribution in [2.45, 2.75) is 38.8 Å². The van der Waals surface area contributed by atoms with Crippen molar-refractivity contribution in [1.82, 2.24) is 10.6 Å². The van der Waals surface area contributed by atoms with E-state index in [9.17, 15) is 0 Å². The van der Waals surface area contributed by atoms with Gasteiger partial charge in [0.25, 0.3) is 0 Å². The molecule has 0 amide bonds. The molecule has 1 aliphatic rings. The van der Waals surface area contributed by atoms with Crippen LogP contribution in [0.1, 0.15) is 26.7 Å². The predicted molar refractivity (Wildman–Crippen MR) is 43.2 cm³/mol. The van der Waals surface area contributed by atoms with E-state index in [4.69, 9.17) is 0 Å². The van der Waals surface area contributed by atoms with E-state index in [1.807, 2.05) is 0 Å². The smallest absolute Gasteiger partial charge is 0.0148 e. The highest BCUT2D eigenvalue weighted by molar-refractivity contribution is 4.75. The van der Waals surface area contributed by atoms with E-state index < -0.39 is 0 Å². The lowest BCUT2D eigenvalue weighted by Crippen LogP contribution is -2.40. The molecule has 0 unspecified atom stereocenters. The van der Waals surface area contributed by atoms with Crippen LogP contribution in [0.4, 0.5) is 0 Å². The fraction of sp³-hybridized carbons (Fsp3) is 1.00. The Hall–Kier alpha value is -0.0800. The second-order valence-corrected chi connectivity index (χ2v) is 3.27. The molecule has 1 saturated heterocycles. The minimum absolute atomic E-state index is 0.628. The van der Waals surface area contributed by atoms with Gasteiger partial charge in [0.2, 0.25) is 0 Å². The van der Waals surface area contributed by atoms with Crippen LogP contribution >= 0.6 is 0 Å². The maximum Gasteiger partial charge on any atom is 0.0148 e. The second kappa shape index (κ2) is 3.94. The monoisotopic (exact) mass is 141 g/mol. The fourth-order valence-electron chi connectivity index (χ4n) is 1.39. The molecular formula is C8H17N2. The number of piperidine rings is 1. The normalized spacial score (nSPS) is 21.9.